The van der Waals surface area contributed by atoms with Crippen LogP contribution in [0.5, 0.6) is 0 Å². The number of fused-ring (bicyclic) bond motifs is 1. The third kappa shape index (κ3) is 4.98. The third-order valence-corrected chi connectivity index (χ3v) is 7.71. The summed E-state index contributed by atoms with van der Waals surface area (Å²) < 4.78 is 0. The van der Waals surface area contributed by atoms with E-state index in [0.717, 1.165) is 34.3 Å². The first-order chi connectivity index (χ1) is 17.4. The number of nitrogens with two attached hydrogens (primary N) is 1. The van der Waals surface area contributed by atoms with Gasteiger partial charge in [-0.05, 0) is 42.7 Å². The number of nitrogens with one attached hydrogen (secondary N) is 2. The standard InChI is InChI=1S/C26H24ClN5O3S/c27-17-5-6-21(19(12-17)24(28)34)30-25(35)22-14-36-26(31-22)15-7-9-32(10-8-15)23(33)11-16-13-29-20-4-2-1-3-18(16)20/h1-6,12-15,29H,7-11H2,(H2,28,34)(H,30,35). The van der Waals surface area contributed by atoms with Crippen LogP contribution >= 0.6 is 22.9 Å². The van der Waals surface area contributed by atoms with Crippen LogP contribution in [0, 0.1) is 0 Å². The Morgan fingerprint density at radius 1 is 1.17 bits per heavy atom. The van der Waals surface area contributed by atoms with E-state index in [1.165, 1.54) is 23.5 Å². The van der Waals surface area contributed by atoms with Crippen LogP contribution in [0.2, 0.25) is 5.02 Å². The second kappa shape index (κ2) is 10.1. The summed E-state index contributed by atoms with van der Waals surface area (Å²) in [6.07, 6.45) is 3.86. The zero-order valence-corrected chi connectivity index (χ0v) is 20.9. The third-order valence-electron chi connectivity index (χ3n) is 6.46. The maximum atomic E-state index is 12.9. The highest BCUT2D eigenvalue weighted by Crippen LogP contribution is 2.31. The molecule has 0 spiro atoms. The molecule has 0 saturated carbocycles. The molecule has 4 N–H and O–H groups in total. The first kappa shape index (κ1) is 24.0. The molecule has 1 aliphatic rings. The van der Waals surface area contributed by atoms with Gasteiger partial charge in [-0.15, -0.1) is 11.3 Å². The lowest BCUT2D eigenvalue weighted by Crippen LogP contribution is -2.38. The van der Waals surface area contributed by atoms with Gasteiger partial charge in [-0.3, -0.25) is 14.4 Å². The second-order valence-corrected chi connectivity index (χ2v) is 10.1. The average molecular weight is 522 g/mol. The summed E-state index contributed by atoms with van der Waals surface area (Å²) in [6.45, 7) is 1.30. The predicted molar refractivity (Wildman–Crippen MR) is 141 cm³/mol. The smallest absolute Gasteiger partial charge is 0.275 e. The summed E-state index contributed by atoms with van der Waals surface area (Å²) in [5.74, 6) is -0.803. The van der Waals surface area contributed by atoms with Gasteiger partial charge in [0.25, 0.3) is 11.8 Å². The van der Waals surface area contributed by atoms with Crippen molar-refractivity contribution in [1.29, 1.82) is 0 Å². The molecular weight excluding hydrogens is 498 g/mol. The van der Waals surface area contributed by atoms with Crippen LogP contribution in [0.25, 0.3) is 10.9 Å². The summed E-state index contributed by atoms with van der Waals surface area (Å²) in [5, 5.41) is 6.71. The number of halogens is 1. The van der Waals surface area contributed by atoms with E-state index in [4.69, 9.17) is 17.3 Å². The quantitative estimate of drug-likeness (QED) is 0.344. The number of rotatable bonds is 6. The number of nitrogens with zero attached hydrogens (tertiary/aromatic N) is 2. The SMILES string of the molecule is NC(=O)c1cc(Cl)ccc1NC(=O)c1csc(C2CCN(C(=O)Cc3c[nH]c4ccccc34)CC2)n1. The Bertz CT molecular complexity index is 1450. The molecule has 10 heteroatoms. The molecule has 0 atom stereocenters. The van der Waals surface area contributed by atoms with Crippen LogP contribution in [0.4, 0.5) is 5.69 Å². The van der Waals surface area contributed by atoms with E-state index in [0.29, 0.717) is 24.5 Å². The molecule has 2 aromatic carbocycles. The number of piperidine rings is 1. The van der Waals surface area contributed by atoms with E-state index in [2.05, 4.69) is 15.3 Å². The topological polar surface area (TPSA) is 121 Å². The van der Waals surface area contributed by atoms with Crippen molar-refractivity contribution < 1.29 is 14.4 Å². The molecule has 1 saturated heterocycles. The molecule has 36 heavy (non-hydrogen) atoms. The van der Waals surface area contributed by atoms with E-state index < -0.39 is 11.8 Å². The minimum atomic E-state index is -0.683. The number of thiazole rings is 1. The van der Waals surface area contributed by atoms with Crippen LogP contribution < -0.4 is 11.1 Å². The molecule has 0 bridgehead atoms. The fourth-order valence-corrected chi connectivity index (χ4v) is 5.67. The largest absolute Gasteiger partial charge is 0.366 e. The van der Waals surface area contributed by atoms with Crippen LogP contribution in [-0.4, -0.2) is 45.7 Å². The number of hydrogen-bond acceptors (Lipinski definition) is 5. The number of para-hydroxylation sites is 1. The van der Waals surface area contributed by atoms with Gasteiger partial charge >= 0.3 is 0 Å². The maximum absolute atomic E-state index is 12.9. The van der Waals surface area contributed by atoms with Crippen LogP contribution in [0.3, 0.4) is 0 Å². The number of aromatic amines is 1. The van der Waals surface area contributed by atoms with Crippen molar-refractivity contribution in [2.75, 3.05) is 18.4 Å². The molecule has 8 nitrogen and oxygen atoms in total. The van der Waals surface area contributed by atoms with Crippen LogP contribution in [0.1, 0.15) is 50.2 Å². The van der Waals surface area contributed by atoms with E-state index in [-0.39, 0.29) is 28.8 Å². The average Bonchev–Trinajstić information content (AvgIpc) is 3.53. The lowest BCUT2D eigenvalue weighted by molar-refractivity contribution is -0.131. The van der Waals surface area contributed by atoms with E-state index in [9.17, 15) is 14.4 Å². The number of aromatic nitrogens is 2. The summed E-state index contributed by atoms with van der Waals surface area (Å²) in [6, 6.07) is 12.5. The molecule has 0 unspecified atom stereocenters. The molecule has 184 valence electrons. The Labute approximate surface area is 216 Å². The van der Waals surface area contributed by atoms with Gasteiger partial charge < -0.3 is 20.9 Å². The Morgan fingerprint density at radius 3 is 2.72 bits per heavy atom. The molecule has 3 amide bonds. The molecule has 3 heterocycles. The van der Waals surface area contributed by atoms with Crippen molar-refractivity contribution in [2.24, 2.45) is 5.73 Å². The van der Waals surface area contributed by atoms with Crippen molar-refractivity contribution in [3.8, 4) is 0 Å². The van der Waals surface area contributed by atoms with Crippen molar-refractivity contribution in [3.05, 3.63) is 80.9 Å². The van der Waals surface area contributed by atoms with Gasteiger partial charge in [-0.1, -0.05) is 29.8 Å². The van der Waals surface area contributed by atoms with Gasteiger partial charge in [-0.25, -0.2) is 4.98 Å². The maximum Gasteiger partial charge on any atom is 0.275 e. The lowest BCUT2D eigenvalue weighted by Gasteiger charge is -2.31. The van der Waals surface area contributed by atoms with Crippen LogP contribution in [-0.2, 0) is 11.2 Å². The molecule has 1 fully saturated rings. The van der Waals surface area contributed by atoms with Gasteiger partial charge in [0.05, 0.1) is 22.7 Å². The molecule has 1 aliphatic heterocycles. The lowest BCUT2D eigenvalue weighted by atomic mass is 9.97. The van der Waals surface area contributed by atoms with Crippen LogP contribution in [0.15, 0.2) is 54.0 Å². The summed E-state index contributed by atoms with van der Waals surface area (Å²) in [4.78, 5) is 47.0. The Hall–Kier alpha value is -3.69. The fourth-order valence-electron chi connectivity index (χ4n) is 4.52. The number of anilines is 1. The number of primary amides is 1. The highest BCUT2D eigenvalue weighted by molar-refractivity contribution is 7.10. The van der Waals surface area contributed by atoms with Gasteiger partial charge in [-0.2, -0.15) is 0 Å². The minimum absolute atomic E-state index is 0.116. The highest BCUT2D eigenvalue weighted by atomic mass is 35.5. The number of carbonyl (C=O) groups is 3. The van der Waals surface area contributed by atoms with E-state index in [1.54, 1.807) is 11.4 Å². The number of likely N-dealkylation sites (tertiary alicyclic amines) is 1. The minimum Gasteiger partial charge on any atom is -0.366 e. The summed E-state index contributed by atoms with van der Waals surface area (Å²) >= 11 is 7.37. The normalized spacial score (nSPS) is 14.2. The first-order valence-corrected chi connectivity index (χ1v) is 12.8. The Morgan fingerprint density at radius 2 is 1.94 bits per heavy atom. The molecule has 5 rings (SSSR count). The van der Waals surface area contributed by atoms with Crippen molar-refractivity contribution in [1.82, 2.24) is 14.9 Å². The van der Waals surface area contributed by atoms with Crippen molar-refractivity contribution in [2.45, 2.75) is 25.2 Å². The Balaban J connectivity index is 1.19. The Kier molecular flexibility index (Phi) is 6.75. The number of H-pyrrole nitrogens is 1. The fraction of sp³-hybridized carbons (Fsp3) is 0.231. The van der Waals surface area contributed by atoms with Gasteiger partial charge in [0.15, 0.2) is 0 Å². The monoisotopic (exact) mass is 521 g/mol. The molecule has 0 aliphatic carbocycles. The number of carbonyl (C=O) groups excluding carboxylic acids is 3. The van der Waals surface area contributed by atoms with Gasteiger partial charge in [0.1, 0.15) is 5.69 Å². The summed E-state index contributed by atoms with van der Waals surface area (Å²) in [5.41, 5.74) is 8.14. The molecule has 4 aromatic rings. The van der Waals surface area contributed by atoms with E-state index >= 15 is 0 Å². The van der Waals surface area contributed by atoms with Gasteiger partial charge in [0.2, 0.25) is 5.91 Å². The predicted octanol–water partition coefficient (Wildman–Crippen LogP) is 4.58. The highest BCUT2D eigenvalue weighted by Gasteiger charge is 2.27. The molecule has 2 aromatic heterocycles. The van der Waals surface area contributed by atoms with E-state index in [1.807, 2.05) is 35.4 Å². The van der Waals surface area contributed by atoms with Crippen molar-refractivity contribution in [3.63, 3.8) is 0 Å². The molecular formula is C26H24ClN5O3S. The first-order valence-electron chi connectivity index (χ1n) is 11.6. The zero-order chi connectivity index (χ0) is 25.2. The van der Waals surface area contributed by atoms with Gasteiger partial charge in [0, 0.05) is 46.5 Å². The molecule has 0 radical (unpaired) electrons. The van der Waals surface area contributed by atoms with Crippen molar-refractivity contribution >= 4 is 57.2 Å². The zero-order valence-electron chi connectivity index (χ0n) is 19.3. The summed E-state index contributed by atoms with van der Waals surface area (Å²) in [7, 11) is 0. The number of hydrogen-bond donors (Lipinski definition) is 3. The number of benzene rings is 2. The second-order valence-electron chi connectivity index (χ2n) is 8.77. The number of amides is 3.